The van der Waals surface area contributed by atoms with Gasteiger partial charge < -0.3 is 10.2 Å². The average molecular weight is 284 g/mol. The highest BCUT2D eigenvalue weighted by Crippen LogP contribution is 2.12. The van der Waals surface area contributed by atoms with Gasteiger partial charge in [0.25, 0.3) is 5.91 Å². The molecule has 1 aromatic heterocycles. The van der Waals surface area contributed by atoms with Gasteiger partial charge >= 0.3 is 0 Å². The second-order valence-corrected chi connectivity index (χ2v) is 4.70. The molecule has 0 aromatic carbocycles. The third kappa shape index (κ3) is 2.80. The molecule has 0 saturated carbocycles. The first-order chi connectivity index (χ1) is 7.77. The van der Waals surface area contributed by atoms with Crippen molar-refractivity contribution in [3.63, 3.8) is 0 Å². The number of hydrogen-bond donors (Lipinski definition) is 1. The Morgan fingerprint density at radius 1 is 1.38 bits per heavy atom. The van der Waals surface area contributed by atoms with Crippen molar-refractivity contribution in [1.82, 2.24) is 15.2 Å². The molecule has 1 saturated heterocycles. The third-order valence-corrected chi connectivity index (χ3v) is 3.01. The largest absolute Gasteiger partial charge is 0.337 e. The van der Waals surface area contributed by atoms with Gasteiger partial charge in [-0.2, -0.15) is 0 Å². The number of hydrogen-bond acceptors (Lipinski definition) is 3. The Morgan fingerprint density at radius 3 is 3.06 bits per heavy atom. The highest BCUT2D eigenvalue weighted by molar-refractivity contribution is 9.10. The maximum Gasteiger partial charge on any atom is 0.255 e. The lowest BCUT2D eigenvalue weighted by Crippen LogP contribution is -2.34. The summed E-state index contributed by atoms with van der Waals surface area (Å²) in [6.07, 6.45) is 4.30. The SMILES string of the molecule is O=C(c1cncc(Br)c1)N1CCCNCC1. The van der Waals surface area contributed by atoms with Crippen molar-refractivity contribution in [1.29, 1.82) is 0 Å². The van der Waals surface area contributed by atoms with E-state index in [9.17, 15) is 4.79 Å². The standard InChI is InChI=1S/C11H14BrN3O/c12-10-6-9(7-14-8-10)11(16)15-4-1-2-13-3-5-15/h6-8,13H,1-5H2. The molecule has 0 atom stereocenters. The zero-order chi connectivity index (χ0) is 11.4. The minimum absolute atomic E-state index is 0.0671. The highest BCUT2D eigenvalue weighted by Gasteiger charge is 2.17. The van der Waals surface area contributed by atoms with E-state index in [-0.39, 0.29) is 5.91 Å². The first-order valence-corrected chi connectivity index (χ1v) is 6.17. The normalized spacial score (nSPS) is 16.9. The number of nitrogens with one attached hydrogen (secondary N) is 1. The van der Waals surface area contributed by atoms with Crippen molar-refractivity contribution >= 4 is 21.8 Å². The molecule has 1 N–H and O–H groups in total. The molecule has 4 nitrogen and oxygen atoms in total. The van der Waals surface area contributed by atoms with E-state index < -0.39 is 0 Å². The van der Waals surface area contributed by atoms with Gasteiger partial charge in [0.1, 0.15) is 0 Å². The quantitative estimate of drug-likeness (QED) is 0.845. The molecule has 0 aliphatic carbocycles. The summed E-state index contributed by atoms with van der Waals surface area (Å²) >= 11 is 3.32. The predicted octanol–water partition coefficient (Wildman–Crippen LogP) is 1.28. The molecule has 1 aliphatic heterocycles. The van der Waals surface area contributed by atoms with Crippen LogP contribution in [-0.4, -0.2) is 42.0 Å². The molecule has 2 heterocycles. The van der Waals surface area contributed by atoms with E-state index in [1.807, 2.05) is 11.0 Å². The van der Waals surface area contributed by atoms with Crippen molar-refractivity contribution in [2.75, 3.05) is 26.2 Å². The molecule has 1 aromatic rings. The van der Waals surface area contributed by atoms with Crippen LogP contribution >= 0.6 is 15.9 Å². The summed E-state index contributed by atoms with van der Waals surface area (Å²) in [7, 11) is 0. The Labute approximate surface area is 103 Å². The predicted molar refractivity (Wildman–Crippen MR) is 65.3 cm³/mol. The second-order valence-electron chi connectivity index (χ2n) is 3.79. The fourth-order valence-corrected chi connectivity index (χ4v) is 2.13. The second kappa shape index (κ2) is 5.41. The van der Waals surface area contributed by atoms with Crippen LogP contribution in [-0.2, 0) is 0 Å². The van der Waals surface area contributed by atoms with Gasteiger partial charge in [0, 0.05) is 36.5 Å². The van der Waals surface area contributed by atoms with E-state index in [1.54, 1.807) is 12.4 Å². The number of rotatable bonds is 1. The number of nitrogens with zero attached hydrogens (tertiary/aromatic N) is 2. The number of halogens is 1. The lowest BCUT2D eigenvalue weighted by Gasteiger charge is -2.19. The van der Waals surface area contributed by atoms with Crippen LogP contribution in [0.2, 0.25) is 0 Å². The molecule has 1 amide bonds. The van der Waals surface area contributed by atoms with Crippen LogP contribution in [0, 0.1) is 0 Å². The van der Waals surface area contributed by atoms with Crippen LogP contribution in [0.1, 0.15) is 16.8 Å². The summed E-state index contributed by atoms with van der Waals surface area (Å²) in [4.78, 5) is 18.0. The Balaban J connectivity index is 2.11. The minimum Gasteiger partial charge on any atom is -0.337 e. The van der Waals surface area contributed by atoms with Crippen molar-refractivity contribution in [3.05, 3.63) is 28.5 Å². The first-order valence-electron chi connectivity index (χ1n) is 5.38. The Morgan fingerprint density at radius 2 is 2.25 bits per heavy atom. The van der Waals surface area contributed by atoms with Crippen LogP contribution < -0.4 is 5.32 Å². The van der Waals surface area contributed by atoms with Gasteiger partial charge in [-0.25, -0.2) is 0 Å². The number of aromatic nitrogens is 1. The van der Waals surface area contributed by atoms with E-state index in [0.717, 1.165) is 37.1 Å². The zero-order valence-electron chi connectivity index (χ0n) is 8.95. The number of carbonyl (C=O) groups excluding carboxylic acids is 1. The monoisotopic (exact) mass is 283 g/mol. The number of carbonyl (C=O) groups is 1. The van der Waals surface area contributed by atoms with Crippen LogP contribution in [0.3, 0.4) is 0 Å². The average Bonchev–Trinajstić information content (AvgIpc) is 2.56. The van der Waals surface area contributed by atoms with Crippen molar-refractivity contribution in [3.8, 4) is 0 Å². The van der Waals surface area contributed by atoms with E-state index in [4.69, 9.17) is 0 Å². The maximum absolute atomic E-state index is 12.1. The van der Waals surface area contributed by atoms with Gasteiger partial charge in [0.15, 0.2) is 0 Å². The summed E-state index contributed by atoms with van der Waals surface area (Å²) in [5.41, 5.74) is 0.649. The van der Waals surface area contributed by atoms with Gasteiger partial charge in [0.2, 0.25) is 0 Å². The number of pyridine rings is 1. The molecule has 1 fully saturated rings. The van der Waals surface area contributed by atoms with E-state index in [2.05, 4.69) is 26.2 Å². The molecule has 0 radical (unpaired) electrons. The van der Waals surface area contributed by atoms with Crippen LogP contribution in [0.15, 0.2) is 22.9 Å². The molecule has 0 spiro atoms. The molecule has 5 heteroatoms. The fraction of sp³-hybridized carbons (Fsp3) is 0.455. The topological polar surface area (TPSA) is 45.2 Å². The number of amides is 1. The first kappa shape index (κ1) is 11.5. The fourth-order valence-electron chi connectivity index (χ4n) is 1.76. The molecule has 16 heavy (non-hydrogen) atoms. The lowest BCUT2D eigenvalue weighted by molar-refractivity contribution is 0.0766. The molecule has 0 bridgehead atoms. The Bertz CT molecular complexity index is 375. The Kier molecular flexibility index (Phi) is 3.90. The molecule has 0 unspecified atom stereocenters. The summed E-state index contributed by atoms with van der Waals surface area (Å²) < 4.78 is 0.839. The van der Waals surface area contributed by atoms with Gasteiger partial charge in [0.05, 0.1) is 5.56 Å². The smallest absolute Gasteiger partial charge is 0.255 e. The van der Waals surface area contributed by atoms with Crippen LogP contribution in [0.4, 0.5) is 0 Å². The van der Waals surface area contributed by atoms with Crippen molar-refractivity contribution in [2.24, 2.45) is 0 Å². The minimum atomic E-state index is 0.0671. The van der Waals surface area contributed by atoms with Crippen molar-refractivity contribution < 1.29 is 4.79 Å². The lowest BCUT2D eigenvalue weighted by atomic mass is 10.2. The summed E-state index contributed by atoms with van der Waals surface area (Å²) in [5.74, 6) is 0.0671. The maximum atomic E-state index is 12.1. The molecular formula is C11H14BrN3O. The third-order valence-electron chi connectivity index (χ3n) is 2.58. The van der Waals surface area contributed by atoms with Gasteiger partial charge in [-0.3, -0.25) is 9.78 Å². The molecular weight excluding hydrogens is 270 g/mol. The van der Waals surface area contributed by atoms with Crippen molar-refractivity contribution in [2.45, 2.75) is 6.42 Å². The highest BCUT2D eigenvalue weighted by atomic mass is 79.9. The van der Waals surface area contributed by atoms with Crippen LogP contribution in [0.5, 0.6) is 0 Å². The zero-order valence-corrected chi connectivity index (χ0v) is 10.5. The molecule has 1 aliphatic rings. The van der Waals surface area contributed by atoms with Gasteiger partial charge in [-0.1, -0.05) is 0 Å². The molecule has 2 rings (SSSR count). The van der Waals surface area contributed by atoms with Gasteiger partial charge in [-0.15, -0.1) is 0 Å². The Hall–Kier alpha value is -0.940. The van der Waals surface area contributed by atoms with E-state index in [0.29, 0.717) is 5.56 Å². The summed E-state index contributed by atoms with van der Waals surface area (Å²) in [5, 5.41) is 3.28. The molecule has 86 valence electrons. The summed E-state index contributed by atoms with van der Waals surface area (Å²) in [6, 6.07) is 1.81. The van der Waals surface area contributed by atoms with Gasteiger partial charge in [-0.05, 0) is 35.0 Å². The van der Waals surface area contributed by atoms with E-state index >= 15 is 0 Å². The summed E-state index contributed by atoms with van der Waals surface area (Å²) in [6.45, 7) is 3.44. The van der Waals surface area contributed by atoms with Crippen LogP contribution in [0.25, 0.3) is 0 Å². The van der Waals surface area contributed by atoms with E-state index in [1.165, 1.54) is 0 Å².